The van der Waals surface area contributed by atoms with Crippen LogP contribution in [0.15, 0.2) is 36.0 Å². The van der Waals surface area contributed by atoms with Gasteiger partial charge in [-0.1, -0.05) is 38.1 Å². The van der Waals surface area contributed by atoms with Gasteiger partial charge in [-0.05, 0) is 30.9 Å². The average molecular weight is 285 g/mol. The van der Waals surface area contributed by atoms with Crippen LogP contribution in [0.4, 0.5) is 0 Å². The number of hydrogen-bond acceptors (Lipinski definition) is 3. The Kier molecular flexibility index (Phi) is 7.03. The summed E-state index contributed by atoms with van der Waals surface area (Å²) in [6.07, 6.45) is 3.35. The minimum absolute atomic E-state index is 0.0400. The Morgan fingerprint density at radius 1 is 1.33 bits per heavy atom. The van der Waals surface area contributed by atoms with Crippen LogP contribution in [-0.4, -0.2) is 12.5 Å². The van der Waals surface area contributed by atoms with Crippen LogP contribution in [-0.2, 0) is 11.2 Å². The van der Waals surface area contributed by atoms with E-state index in [1.54, 1.807) is 0 Å². The molecule has 0 bridgehead atoms. The molecule has 1 aromatic rings. The highest BCUT2D eigenvalue weighted by Crippen LogP contribution is 2.14. The molecular weight excluding hydrogens is 262 g/mol. The van der Waals surface area contributed by atoms with Crippen LogP contribution in [0, 0.1) is 11.3 Å². The highest BCUT2D eigenvalue weighted by atomic mass is 16.1. The van der Waals surface area contributed by atoms with Crippen molar-refractivity contribution >= 4 is 5.91 Å². The van der Waals surface area contributed by atoms with Crippen LogP contribution in [0.1, 0.15) is 44.4 Å². The Hall–Kier alpha value is -2.28. The van der Waals surface area contributed by atoms with Crippen molar-refractivity contribution in [3.63, 3.8) is 0 Å². The zero-order valence-electron chi connectivity index (χ0n) is 12.9. The summed E-state index contributed by atoms with van der Waals surface area (Å²) in [5.41, 5.74) is 2.51. The first-order valence-electron chi connectivity index (χ1n) is 7.35. The molecule has 0 radical (unpaired) electrons. The third-order valence-electron chi connectivity index (χ3n) is 3.27. The topological polar surface area (TPSA) is 64.9 Å². The van der Waals surface area contributed by atoms with Crippen molar-refractivity contribution in [1.82, 2.24) is 10.6 Å². The molecule has 2 N–H and O–H groups in total. The van der Waals surface area contributed by atoms with Gasteiger partial charge in [0, 0.05) is 18.8 Å². The molecule has 1 rings (SSSR count). The number of rotatable bonds is 7. The van der Waals surface area contributed by atoms with Crippen LogP contribution in [0.3, 0.4) is 0 Å². The number of carbonyl (C=O) groups excluding carboxylic acids is 1. The van der Waals surface area contributed by atoms with E-state index in [2.05, 4.69) is 41.8 Å². The van der Waals surface area contributed by atoms with E-state index < -0.39 is 0 Å². The van der Waals surface area contributed by atoms with E-state index in [0.717, 1.165) is 18.4 Å². The van der Waals surface area contributed by atoms with Gasteiger partial charge in [-0.15, -0.1) is 0 Å². The van der Waals surface area contributed by atoms with Crippen molar-refractivity contribution in [1.29, 1.82) is 5.26 Å². The fourth-order valence-corrected chi connectivity index (χ4v) is 1.83. The summed E-state index contributed by atoms with van der Waals surface area (Å²) >= 11 is 0. The molecule has 0 aromatic heterocycles. The number of benzene rings is 1. The highest BCUT2D eigenvalue weighted by molar-refractivity contribution is 5.97. The number of carbonyl (C=O) groups is 1. The molecule has 21 heavy (non-hydrogen) atoms. The summed E-state index contributed by atoms with van der Waals surface area (Å²) in [4.78, 5) is 11.7. The number of nitrogens with one attached hydrogen (secondary N) is 2. The fourth-order valence-electron chi connectivity index (χ4n) is 1.83. The second-order valence-corrected chi connectivity index (χ2v) is 4.91. The number of nitrogens with zero attached hydrogens (tertiary/aromatic N) is 1. The molecule has 0 aliphatic rings. The third-order valence-corrected chi connectivity index (χ3v) is 3.27. The summed E-state index contributed by atoms with van der Waals surface area (Å²) < 4.78 is 0. The first kappa shape index (κ1) is 16.8. The SMILES string of the molecule is CCCNC(=O)/C(C#N)=C\NC(C)c1ccc(CC)cc1. The molecule has 0 saturated heterocycles. The van der Waals surface area contributed by atoms with Crippen LogP contribution >= 0.6 is 0 Å². The Labute approximate surface area is 126 Å². The van der Waals surface area contributed by atoms with Crippen LogP contribution in [0.2, 0.25) is 0 Å². The smallest absolute Gasteiger partial charge is 0.263 e. The van der Waals surface area contributed by atoms with Gasteiger partial charge >= 0.3 is 0 Å². The predicted octanol–water partition coefficient (Wildman–Crippen LogP) is 2.83. The highest BCUT2D eigenvalue weighted by Gasteiger charge is 2.09. The van der Waals surface area contributed by atoms with E-state index in [0.29, 0.717) is 6.54 Å². The largest absolute Gasteiger partial charge is 0.383 e. The van der Waals surface area contributed by atoms with Crippen molar-refractivity contribution in [2.45, 2.75) is 39.7 Å². The van der Waals surface area contributed by atoms with Gasteiger partial charge in [-0.25, -0.2) is 0 Å². The molecule has 1 atom stereocenters. The van der Waals surface area contributed by atoms with E-state index in [-0.39, 0.29) is 17.5 Å². The maximum absolute atomic E-state index is 11.7. The van der Waals surface area contributed by atoms with Crippen LogP contribution < -0.4 is 10.6 Å². The molecule has 0 aliphatic heterocycles. The monoisotopic (exact) mass is 285 g/mol. The van der Waals surface area contributed by atoms with Gasteiger partial charge < -0.3 is 10.6 Å². The van der Waals surface area contributed by atoms with Gasteiger partial charge in [0.2, 0.25) is 0 Å². The third kappa shape index (κ3) is 5.31. The molecule has 0 saturated carbocycles. The van der Waals surface area contributed by atoms with Crippen molar-refractivity contribution in [2.24, 2.45) is 0 Å². The number of nitriles is 1. The van der Waals surface area contributed by atoms with Gasteiger partial charge in [-0.2, -0.15) is 5.26 Å². The molecule has 4 heteroatoms. The van der Waals surface area contributed by atoms with Crippen LogP contribution in [0.5, 0.6) is 0 Å². The van der Waals surface area contributed by atoms with E-state index in [4.69, 9.17) is 5.26 Å². The molecule has 0 aliphatic carbocycles. The predicted molar refractivity (Wildman–Crippen MR) is 84.4 cm³/mol. The van der Waals surface area contributed by atoms with Crippen molar-refractivity contribution < 1.29 is 4.79 Å². The molecule has 1 unspecified atom stereocenters. The van der Waals surface area contributed by atoms with Gasteiger partial charge in [0.15, 0.2) is 0 Å². The standard InChI is InChI=1S/C17H23N3O/c1-4-10-19-17(21)16(11-18)12-20-13(3)15-8-6-14(5-2)7-9-15/h6-9,12-13,20H,4-5,10H2,1-3H3,(H,19,21)/b16-12-. The molecule has 112 valence electrons. The van der Waals surface area contributed by atoms with Crippen molar-refractivity contribution in [2.75, 3.05) is 6.54 Å². The summed E-state index contributed by atoms with van der Waals surface area (Å²) in [6.45, 7) is 6.66. The lowest BCUT2D eigenvalue weighted by Crippen LogP contribution is -2.26. The molecule has 4 nitrogen and oxygen atoms in total. The van der Waals surface area contributed by atoms with Gasteiger partial charge in [0.05, 0.1) is 0 Å². The fraction of sp³-hybridized carbons (Fsp3) is 0.412. The first-order valence-corrected chi connectivity index (χ1v) is 7.35. The Bertz CT molecular complexity index is 526. The lowest BCUT2D eigenvalue weighted by Gasteiger charge is -2.13. The zero-order valence-corrected chi connectivity index (χ0v) is 12.9. The number of amides is 1. The summed E-state index contributed by atoms with van der Waals surface area (Å²) in [6, 6.07) is 10.3. The summed E-state index contributed by atoms with van der Waals surface area (Å²) in [7, 11) is 0. The minimum atomic E-state index is -0.333. The molecule has 1 amide bonds. The molecule has 0 spiro atoms. The zero-order chi connectivity index (χ0) is 15.7. The maximum atomic E-state index is 11.7. The van der Waals surface area contributed by atoms with Crippen molar-refractivity contribution in [3.05, 3.63) is 47.2 Å². The molecular formula is C17H23N3O. The van der Waals surface area contributed by atoms with Crippen molar-refractivity contribution in [3.8, 4) is 6.07 Å². The second-order valence-electron chi connectivity index (χ2n) is 4.91. The van der Waals surface area contributed by atoms with E-state index >= 15 is 0 Å². The average Bonchev–Trinajstić information content (AvgIpc) is 2.53. The first-order chi connectivity index (χ1) is 10.1. The Balaban J connectivity index is 2.67. The maximum Gasteiger partial charge on any atom is 0.263 e. The Morgan fingerprint density at radius 2 is 2.00 bits per heavy atom. The van der Waals surface area contributed by atoms with E-state index in [1.165, 1.54) is 11.8 Å². The lowest BCUT2D eigenvalue weighted by atomic mass is 10.1. The normalized spacial score (nSPS) is 12.4. The summed E-state index contributed by atoms with van der Waals surface area (Å²) in [5, 5.41) is 14.8. The van der Waals surface area contributed by atoms with Gasteiger partial charge in [0.25, 0.3) is 5.91 Å². The van der Waals surface area contributed by atoms with Crippen LogP contribution in [0.25, 0.3) is 0 Å². The minimum Gasteiger partial charge on any atom is -0.383 e. The summed E-state index contributed by atoms with van der Waals surface area (Å²) in [5.74, 6) is -0.333. The van der Waals surface area contributed by atoms with E-state index in [1.807, 2.05) is 19.9 Å². The lowest BCUT2D eigenvalue weighted by molar-refractivity contribution is -0.117. The molecule has 1 aromatic carbocycles. The number of aryl methyl sites for hydroxylation is 1. The number of hydrogen-bond donors (Lipinski definition) is 2. The molecule has 0 fully saturated rings. The quantitative estimate of drug-likeness (QED) is 0.598. The van der Waals surface area contributed by atoms with Gasteiger partial charge in [0.1, 0.15) is 11.6 Å². The van der Waals surface area contributed by atoms with E-state index in [9.17, 15) is 4.79 Å². The molecule has 0 heterocycles. The Morgan fingerprint density at radius 3 is 2.52 bits per heavy atom. The van der Waals surface area contributed by atoms with Gasteiger partial charge in [-0.3, -0.25) is 4.79 Å². The second kappa shape index (κ2) is 8.80.